The zero-order valence-corrected chi connectivity index (χ0v) is 17.5. The summed E-state index contributed by atoms with van der Waals surface area (Å²) in [6.45, 7) is 5.18. The van der Waals surface area contributed by atoms with E-state index in [9.17, 15) is 18.4 Å². The summed E-state index contributed by atoms with van der Waals surface area (Å²) >= 11 is 0. The molecule has 0 radical (unpaired) electrons. The molecular formula is C23H26F2N2O4. The van der Waals surface area contributed by atoms with Crippen molar-refractivity contribution in [3.05, 3.63) is 59.2 Å². The molecule has 0 spiro atoms. The van der Waals surface area contributed by atoms with E-state index in [0.717, 1.165) is 24.1 Å². The second-order valence-corrected chi connectivity index (χ2v) is 7.68. The molecule has 2 amide bonds. The standard InChI is InChI=1S/C23H26F2N2O4/c1-14(2)22(15-4-7-19-20(12-15)31-11-3-10-30-19)27-21(28)8-9-26-23(29)17-6-5-16(24)13-18(17)25/h4-7,12-14,22H,3,8-11H2,1-2H3,(H,26,29)(H,27,28). The van der Waals surface area contributed by atoms with Gasteiger partial charge in [-0.2, -0.15) is 0 Å². The second kappa shape index (κ2) is 10.2. The summed E-state index contributed by atoms with van der Waals surface area (Å²) in [7, 11) is 0. The molecule has 0 saturated carbocycles. The SMILES string of the molecule is CC(C)C(NC(=O)CCNC(=O)c1ccc(F)cc1F)c1ccc2c(c1)OCCCO2. The van der Waals surface area contributed by atoms with E-state index in [1.807, 2.05) is 32.0 Å². The number of hydrogen-bond donors (Lipinski definition) is 2. The Morgan fingerprint density at radius 3 is 2.48 bits per heavy atom. The highest BCUT2D eigenvalue weighted by Gasteiger charge is 2.21. The van der Waals surface area contributed by atoms with E-state index in [1.54, 1.807) is 0 Å². The fourth-order valence-corrected chi connectivity index (χ4v) is 3.31. The van der Waals surface area contributed by atoms with Crippen LogP contribution in [0.4, 0.5) is 8.78 Å². The Labute approximate surface area is 179 Å². The number of hydrogen-bond acceptors (Lipinski definition) is 4. The average Bonchev–Trinajstić information content (AvgIpc) is 2.96. The molecule has 0 saturated heterocycles. The smallest absolute Gasteiger partial charge is 0.254 e. The first-order valence-electron chi connectivity index (χ1n) is 10.3. The molecule has 1 heterocycles. The van der Waals surface area contributed by atoms with Gasteiger partial charge in [-0.25, -0.2) is 8.78 Å². The van der Waals surface area contributed by atoms with E-state index in [-0.39, 0.29) is 36.4 Å². The topological polar surface area (TPSA) is 76.7 Å². The Morgan fingerprint density at radius 1 is 1.03 bits per heavy atom. The molecule has 2 aromatic carbocycles. The fraction of sp³-hybridized carbons (Fsp3) is 0.391. The molecule has 0 aliphatic carbocycles. The van der Waals surface area contributed by atoms with Crippen LogP contribution in [0, 0.1) is 17.6 Å². The quantitative estimate of drug-likeness (QED) is 0.699. The van der Waals surface area contributed by atoms with Gasteiger partial charge in [0.2, 0.25) is 5.91 Å². The van der Waals surface area contributed by atoms with Crippen molar-refractivity contribution < 1.29 is 27.8 Å². The van der Waals surface area contributed by atoms with Crippen LogP contribution in [0.5, 0.6) is 11.5 Å². The normalized spacial score (nSPS) is 14.0. The van der Waals surface area contributed by atoms with Gasteiger partial charge in [-0.15, -0.1) is 0 Å². The zero-order valence-electron chi connectivity index (χ0n) is 17.5. The maximum atomic E-state index is 13.7. The molecule has 3 rings (SSSR count). The first-order valence-corrected chi connectivity index (χ1v) is 10.3. The van der Waals surface area contributed by atoms with Gasteiger partial charge >= 0.3 is 0 Å². The molecular weight excluding hydrogens is 406 g/mol. The molecule has 0 bridgehead atoms. The van der Waals surface area contributed by atoms with Crippen LogP contribution in [0.15, 0.2) is 36.4 Å². The first kappa shape index (κ1) is 22.5. The van der Waals surface area contributed by atoms with Crippen LogP contribution in [0.1, 0.15) is 48.7 Å². The van der Waals surface area contributed by atoms with E-state index >= 15 is 0 Å². The van der Waals surface area contributed by atoms with Gasteiger partial charge in [-0.3, -0.25) is 9.59 Å². The summed E-state index contributed by atoms with van der Waals surface area (Å²) in [5.74, 6) is -1.22. The predicted molar refractivity (Wildman–Crippen MR) is 111 cm³/mol. The van der Waals surface area contributed by atoms with Gasteiger partial charge in [0, 0.05) is 25.5 Å². The van der Waals surface area contributed by atoms with Crippen LogP contribution in [0.25, 0.3) is 0 Å². The van der Waals surface area contributed by atoms with Gasteiger partial charge in [-0.1, -0.05) is 19.9 Å². The van der Waals surface area contributed by atoms with Gasteiger partial charge in [0.1, 0.15) is 11.6 Å². The molecule has 2 aromatic rings. The Bertz CT molecular complexity index is 949. The van der Waals surface area contributed by atoms with Crippen LogP contribution in [-0.2, 0) is 4.79 Å². The summed E-state index contributed by atoms with van der Waals surface area (Å²) in [4.78, 5) is 24.5. The number of nitrogens with one attached hydrogen (secondary N) is 2. The van der Waals surface area contributed by atoms with E-state index in [0.29, 0.717) is 30.8 Å². The summed E-state index contributed by atoms with van der Waals surface area (Å²) in [6.07, 6.45) is 0.824. The summed E-state index contributed by atoms with van der Waals surface area (Å²) in [6, 6.07) is 8.09. The lowest BCUT2D eigenvalue weighted by molar-refractivity contribution is -0.122. The number of amides is 2. The molecule has 6 nitrogen and oxygen atoms in total. The number of carbonyl (C=O) groups is 2. The molecule has 1 unspecified atom stereocenters. The van der Waals surface area contributed by atoms with Crippen LogP contribution in [0.3, 0.4) is 0 Å². The minimum absolute atomic E-state index is 0.0162. The Kier molecular flexibility index (Phi) is 7.44. The highest BCUT2D eigenvalue weighted by atomic mass is 19.1. The molecule has 1 aliphatic heterocycles. The van der Waals surface area contributed by atoms with E-state index in [4.69, 9.17) is 9.47 Å². The number of ether oxygens (including phenoxy) is 2. The monoisotopic (exact) mass is 432 g/mol. The number of carbonyl (C=O) groups excluding carboxylic acids is 2. The number of benzene rings is 2. The lowest BCUT2D eigenvalue weighted by Crippen LogP contribution is -2.35. The third-order valence-electron chi connectivity index (χ3n) is 4.93. The minimum Gasteiger partial charge on any atom is -0.490 e. The predicted octanol–water partition coefficient (Wildman–Crippen LogP) is 3.76. The van der Waals surface area contributed by atoms with Crippen LogP contribution >= 0.6 is 0 Å². The van der Waals surface area contributed by atoms with Crippen molar-refractivity contribution in [1.29, 1.82) is 0 Å². The van der Waals surface area contributed by atoms with Crippen LogP contribution < -0.4 is 20.1 Å². The van der Waals surface area contributed by atoms with Gasteiger partial charge in [-0.05, 0) is 35.7 Å². The molecule has 166 valence electrons. The molecule has 0 fully saturated rings. The zero-order chi connectivity index (χ0) is 22.4. The first-order chi connectivity index (χ1) is 14.8. The summed E-state index contributed by atoms with van der Waals surface area (Å²) in [5, 5.41) is 5.46. The van der Waals surface area contributed by atoms with Crippen LogP contribution in [0.2, 0.25) is 0 Å². The van der Waals surface area contributed by atoms with Gasteiger partial charge in [0.15, 0.2) is 11.5 Å². The molecule has 1 aliphatic rings. The Balaban J connectivity index is 1.57. The van der Waals surface area contributed by atoms with Crippen molar-refractivity contribution in [2.75, 3.05) is 19.8 Å². The van der Waals surface area contributed by atoms with Gasteiger partial charge in [0.25, 0.3) is 5.91 Å². The maximum absolute atomic E-state index is 13.7. The van der Waals surface area contributed by atoms with Crippen molar-refractivity contribution in [1.82, 2.24) is 10.6 Å². The molecule has 0 aromatic heterocycles. The maximum Gasteiger partial charge on any atom is 0.254 e. The molecule has 2 N–H and O–H groups in total. The van der Waals surface area contributed by atoms with E-state index in [1.165, 1.54) is 0 Å². The largest absolute Gasteiger partial charge is 0.490 e. The highest BCUT2D eigenvalue weighted by Crippen LogP contribution is 2.34. The third-order valence-corrected chi connectivity index (χ3v) is 4.93. The number of fused-ring (bicyclic) bond motifs is 1. The van der Waals surface area contributed by atoms with Crippen molar-refractivity contribution in [2.45, 2.75) is 32.7 Å². The Morgan fingerprint density at radius 2 is 1.77 bits per heavy atom. The Hall–Kier alpha value is -3.16. The minimum atomic E-state index is -0.948. The van der Waals surface area contributed by atoms with E-state index < -0.39 is 17.5 Å². The van der Waals surface area contributed by atoms with Gasteiger partial charge in [0.05, 0.1) is 24.8 Å². The fourth-order valence-electron chi connectivity index (χ4n) is 3.31. The van der Waals surface area contributed by atoms with Crippen molar-refractivity contribution in [2.24, 2.45) is 5.92 Å². The van der Waals surface area contributed by atoms with Crippen LogP contribution in [-0.4, -0.2) is 31.6 Å². The average molecular weight is 432 g/mol. The van der Waals surface area contributed by atoms with Crippen molar-refractivity contribution >= 4 is 11.8 Å². The molecule has 31 heavy (non-hydrogen) atoms. The van der Waals surface area contributed by atoms with Crippen molar-refractivity contribution in [3.8, 4) is 11.5 Å². The summed E-state index contributed by atoms with van der Waals surface area (Å²) < 4.78 is 38.0. The van der Waals surface area contributed by atoms with Gasteiger partial charge < -0.3 is 20.1 Å². The second-order valence-electron chi connectivity index (χ2n) is 7.68. The number of rotatable bonds is 7. The lowest BCUT2D eigenvalue weighted by atomic mass is 9.95. The number of halogens is 2. The molecule has 1 atom stereocenters. The van der Waals surface area contributed by atoms with Crippen molar-refractivity contribution in [3.63, 3.8) is 0 Å². The lowest BCUT2D eigenvalue weighted by Gasteiger charge is -2.24. The highest BCUT2D eigenvalue weighted by molar-refractivity contribution is 5.94. The molecule has 8 heteroatoms. The van der Waals surface area contributed by atoms with E-state index in [2.05, 4.69) is 10.6 Å². The summed E-state index contributed by atoms with van der Waals surface area (Å²) in [5.41, 5.74) is 0.624. The third kappa shape index (κ3) is 5.93.